The number of ether oxygens (including phenoxy) is 1. The monoisotopic (exact) mass is 395 g/mol. The van der Waals surface area contributed by atoms with E-state index in [2.05, 4.69) is 80.3 Å². The molecular formula is C26H37NO2. The molecule has 2 aromatic rings. The molecule has 3 nitrogen and oxygen atoms in total. The zero-order valence-corrected chi connectivity index (χ0v) is 18.5. The van der Waals surface area contributed by atoms with Gasteiger partial charge in [0.2, 0.25) is 0 Å². The Morgan fingerprint density at radius 3 is 2.17 bits per heavy atom. The van der Waals surface area contributed by atoms with Crippen LogP contribution in [-0.4, -0.2) is 23.5 Å². The second-order valence-electron chi connectivity index (χ2n) is 8.04. The van der Waals surface area contributed by atoms with Gasteiger partial charge in [-0.1, -0.05) is 87.4 Å². The summed E-state index contributed by atoms with van der Waals surface area (Å²) in [6.07, 6.45) is 3.78. The summed E-state index contributed by atoms with van der Waals surface area (Å²) in [5, 5.41) is 0. The minimum atomic E-state index is -0.0977. The van der Waals surface area contributed by atoms with Crippen molar-refractivity contribution in [2.45, 2.75) is 72.0 Å². The lowest BCUT2D eigenvalue weighted by Crippen LogP contribution is -2.40. The van der Waals surface area contributed by atoms with Crippen molar-refractivity contribution < 1.29 is 9.53 Å². The quantitative estimate of drug-likeness (QED) is 0.390. The van der Waals surface area contributed by atoms with Crippen LogP contribution in [0.2, 0.25) is 0 Å². The fourth-order valence-corrected chi connectivity index (χ4v) is 4.12. The molecule has 0 heterocycles. The lowest BCUT2D eigenvalue weighted by molar-refractivity contribution is -0.145. The zero-order chi connectivity index (χ0) is 21.1. The van der Waals surface area contributed by atoms with Crippen LogP contribution in [-0.2, 0) is 16.1 Å². The SMILES string of the molecule is CCC[C@@H](C)C[C@@H](CC(=O)OCC)N(Cc1ccccc1)C(C)c1ccccc1. The van der Waals surface area contributed by atoms with E-state index >= 15 is 0 Å². The smallest absolute Gasteiger partial charge is 0.307 e. The van der Waals surface area contributed by atoms with Gasteiger partial charge in [-0.15, -0.1) is 0 Å². The number of esters is 1. The molecule has 0 spiro atoms. The maximum atomic E-state index is 12.5. The van der Waals surface area contributed by atoms with E-state index in [0.29, 0.717) is 18.9 Å². The molecule has 0 aromatic heterocycles. The van der Waals surface area contributed by atoms with E-state index in [1.54, 1.807) is 0 Å². The minimum Gasteiger partial charge on any atom is -0.466 e. The van der Waals surface area contributed by atoms with E-state index in [9.17, 15) is 4.79 Å². The van der Waals surface area contributed by atoms with Gasteiger partial charge >= 0.3 is 5.97 Å². The van der Waals surface area contributed by atoms with Crippen LogP contribution in [0.15, 0.2) is 60.7 Å². The Labute approximate surface area is 177 Å². The largest absolute Gasteiger partial charge is 0.466 e. The first-order valence-electron chi connectivity index (χ1n) is 11.0. The lowest BCUT2D eigenvalue weighted by atomic mass is 9.92. The lowest BCUT2D eigenvalue weighted by Gasteiger charge is -2.38. The predicted molar refractivity (Wildman–Crippen MR) is 121 cm³/mol. The first kappa shape index (κ1) is 23.2. The van der Waals surface area contributed by atoms with E-state index < -0.39 is 0 Å². The molecule has 2 rings (SSSR count). The number of hydrogen-bond acceptors (Lipinski definition) is 3. The third-order valence-corrected chi connectivity index (χ3v) is 5.62. The summed E-state index contributed by atoms with van der Waals surface area (Å²) in [4.78, 5) is 15.0. The van der Waals surface area contributed by atoms with Gasteiger partial charge in [-0.3, -0.25) is 9.69 Å². The number of carbonyl (C=O) groups is 1. The van der Waals surface area contributed by atoms with Crippen LogP contribution in [0.5, 0.6) is 0 Å². The van der Waals surface area contributed by atoms with Crippen LogP contribution >= 0.6 is 0 Å². The number of benzene rings is 2. The number of rotatable bonds is 12. The molecule has 0 N–H and O–H groups in total. The van der Waals surface area contributed by atoms with E-state index in [1.165, 1.54) is 24.0 Å². The van der Waals surface area contributed by atoms with Gasteiger partial charge in [-0.05, 0) is 37.3 Å². The molecule has 3 atom stereocenters. The molecule has 0 aliphatic rings. The second-order valence-corrected chi connectivity index (χ2v) is 8.04. The Kier molecular flexibility index (Phi) is 9.93. The normalized spacial score (nSPS) is 14.4. The van der Waals surface area contributed by atoms with Crippen molar-refractivity contribution in [3.63, 3.8) is 0 Å². The van der Waals surface area contributed by atoms with Gasteiger partial charge < -0.3 is 4.74 Å². The van der Waals surface area contributed by atoms with Gasteiger partial charge in [0.15, 0.2) is 0 Å². The average molecular weight is 396 g/mol. The van der Waals surface area contributed by atoms with Crippen molar-refractivity contribution in [2.75, 3.05) is 6.61 Å². The summed E-state index contributed by atoms with van der Waals surface area (Å²) < 4.78 is 5.33. The molecule has 0 saturated heterocycles. The van der Waals surface area contributed by atoms with E-state index in [1.807, 2.05) is 13.0 Å². The van der Waals surface area contributed by atoms with Crippen LogP contribution in [0.1, 0.15) is 70.5 Å². The number of carbonyl (C=O) groups excluding carboxylic acids is 1. The molecule has 0 fully saturated rings. The standard InChI is InChI=1S/C26H37NO2/c1-5-13-21(3)18-25(19-26(28)29-6-2)27(20-23-14-9-7-10-15-23)22(4)24-16-11-8-12-17-24/h7-12,14-17,21-22,25H,5-6,13,18-20H2,1-4H3/t21-,22?,25+/m1/s1. The van der Waals surface area contributed by atoms with Crippen LogP contribution in [0.3, 0.4) is 0 Å². The number of hydrogen-bond donors (Lipinski definition) is 0. The number of nitrogens with zero attached hydrogens (tertiary/aromatic N) is 1. The molecule has 0 saturated carbocycles. The molecule has 1 unspecified atom stereocenters. The molecule has 3 heteroatoms. The average Bonchev–Trinajstić information content (AvgIpc) is 2.73. The van der Waals surface area contributed by atoms with E-state index in [0.717, 1.165) is 13.0 Å². The Morgan fingerprint density at radius 1 is 0.966 bits per heavy atom. The highest BCUT2D eigenvalue weighted by molar-refractivity contribution is 5.70. The van der Waals surface area contributed by atoms with Crippen molar-refractivity contribution in [1.29, 1.82) is 0 Å². The van der Waals surface area contributed by atoms with E-state index in [-0.39, 0.29) is 18.1 Å². The summed E-state index contributed by atoms with van der Waals surface area (Å²) in [6, 6.07) is 21.5. The van der Waals surface area contributed by atoms with Gasteiger partial charge in [0.25, 0.3) is 0 Å². The zero-order valence-electron chi connectivity index (χ0n) is 18.5. The van der Waals surface area contributed by atoms with Gasteiger partial charge in [0, 0.05) is 18.6 Å². The Hall–Kier alpha value is -2.13. The second kappa shape index (κ2) is 12.4. The highest BCUT2D eigenvalue weighted by atomic mass is 16.5. The van der Waals surface area contributed by atoms with Crippen molar-refractivity contribution in [1.82, 2.24) is 4.90 Å². The van der Waals surface area contributed by atoms with Gasteiger partial charge in [-0.2, -0.15) is 0 Å². The first-order valence-corrected chi connectivity index (χ1v) is 11.0. The fraction of sp³-hybridized carbons (Fsp3) is 0.500. The summed E-state index contributed by atoms with van der Waals surface area (Å²) >= 11 is 0. The maximum absolute atomic E-state index is 12.5. The fourth-order valence-electron chi connectivity index (χ4n) is 4.12. The molecule has 0 aliphatic heterocycles. The molecule has 0 bridgehead atoms. The summed E-state index contributed by atoms with van der Waals surface area (Å²) in [7, 11) is 0. The molecule has 158 valence electrons. The van der Waals surface area contributed by atoms with Gasteiger partial charge in [-0.25, -0.2) is 0 Å². The topological polar surface area (TPSA) is 29.5 Å². The van der Waals surface area contributed by atoms with Crippen LogP contribution in [0.4, 0.5) is 0 Å². The Bertz CT molecular complexity index is 701. The molecule has 0 radical (unpaired) electrons. The van der Waals surface area contributed by atoms with Crippen LogP contribution in [0.25, 0.3) is 0 Å². The Morgan fingerprint density at radius 2 is 1.59 bits per heavy atom. The van der Waals surface area contributed by atoms with Crippen molar-refractivity contribution in [3.8, 4) is 0 Å². The van der Waals surface area contributed by atoms with Crippen LogP contribution < -0.4 is 0 Å². The van der Waals surface area contributed by atoms with Crippen LogP contribution in [0, 0.1) is 5.92 Å². The molecule has 2 aromatic carbocycles. The Balaban J connectivity index is 2.33. The molecule has 0 aliphatic carbocycles. The van der Waals surface area contributed by atoms with Crippen molar-refractivity contribution in [3.05, 3.63) is 71.8 Å². The van der Waals surface area contributed by atoms with Crippen molar-refractivity contribution >= 4 is 5.97 Å². The highest BCUT2D eigenvalue weighted by Gasteiger charge is 2.28. The minimum absolute atomic E-state index is 0.0977. The first-order chi connectivity index (χ1) is 14.0. The summed E-state index contributed by atoms with van der Waals surface area (Å²) in [5.74, 6) is 0.472. The molecule has 0 amide bonds. The predicted octanol–water partition coefficient (Wildman–Crippen LogP) is 6.40. The third-order valence-electron chi connectivity index (χ3n) is 5.62. The highest BCUT2D eigenvalue weighted by Crippen LogP contribution is 2.30. The molecular weight excluding hydrogens is 358 g/mol. The maximum Gasteiger partial charge on any atom is 0.307 e. The molecule has 29 heavy (non-hydrogen) atoms. The summed E-state index contributed by atoms with van der Waals surface area (Å²) in [6.45, 7) is 9.91. The van der Waals surface area contributed by atoms with Gasteiger partial charge in [0.1, 0.15) is 0 Å². The third kappa shape index (κ3) is 7.66. The van der Waals surface area contributed by atoms with Crippen molar-refractivity contribution in [2.24, 2.45) is 5.92 Å². The summed E-state index contributed by atoms with van der Waals surface area (Å²) in [5.41, 5.74) is 2.55. The van der Waals surface area contributed by atoms with Gasteiger partial charge in [0.05, 0.1) is 13.0 Å². The van der Waals surface area contributed by atoms with E-state index in [4.69, 9.17) is 4.74 Å².